The molecule has 0 spiro atoms. The number of anilines is 1. The average Bonchev–Trinajstić information content (AvgIpc) is 2.48. The second kappa shape index (κ2) is 4.65. The molecule has 0 aliphatic carbocycles. The van der Waals surface area contributed by atoms with Crippen LogP contribution in [0.4, 0.5) is 5.69 Å². The molecule has 1 aromatic heterocycles. The molecular formula is C9H17N3O2S. The molecule has 15 heavy (non-hydrogen) atoms. The summed E-state index contributed by atoms with van der Waals surface area (Å²) in [4.78, 5) is 0. The van der Waals surface area contributed by atoms with E-state index in [1.165, 1.54) is 6.26 Å². The quantitative estimate of drug-likeness (QED) is 0.812. The molecule has 1 aromatic rings. The molecule has 5 nitrogen and oxygen atoms in total. The van der Waals surface area contributed by atoms with Gasteiger partial charge >= 0.3 is 0 Å². The van der Waals surface area contributed by atoms with Gasteiger partial charge in [0.1, 0.15) is 9.84 Å². The topological polar surface area (TPSA) is 64.0 Å². The number of aryl methyl sites for hydroxylation is 1. The van der Waals surface area contributed by atoms with E-state index in [4.69, 9.17) is 0 Å². The van der Waals surface area contributed by atoms with Gasteiger partial charge in [0.2, 0.25) is 0 Å². The number of rotatable bonds is 5. The smallest absolute Gasteiger partial charge is 0.149 e. The zero-order chi connectivity index (χ0) is 11.5. The maximum absolute atomic E-state index is 11.0. The van der Waals surface area contributed by atoms with Gasteiger partial charge in [-0.3, -0.25) is 4.68 Å². The third kappa shape index (κ3) is 4.33. The van der Waals surface area contributed by atoms with Crippen molar-refractivity contribution in [2.45, 2.75) is 26.4 Å². The molecule has 86 valence electrons. The third-order valence-electron chi connectivity index (χ3n) is 1.92. The fraction of sp³-hybridized carbons (Fsp3) is 0.667. The molecule has 0 bridgehead atoms. The minimum atomic E-state index is -2.93. The van der Waals surface area contributed by atoms with Gasteiger partial charge in [-0.2, -0.15) is 5.10 Å². The van der Waals surface area contributed by atoms with E-state index in [1.807, 2.05) is 20.0 Å². The molecule has 1 rings (SSSR count). The number of nitrogens with one attached hydrogen (secondary N) is 1. The Labute approximate surface area is 90.4 Å². The predicted molar refractivity (Wildman–Crippen MR) is 60.7 cm³/mol. The van der Waals surface area contributed by atoms with Crippen molar-refractivity contribution in [3.05, 3.63) is 12.4 Å². The lowest BCUT2D eigenvalue weighted by Crippen LogP contribution is -2.24. The third-order valence-corrected chi connectivity index (χ3v) is 3.03. The summed E-state index contributed by atoms with van der Waals surface area (Å²) in [5, 5.41) is 7.18. The zero-order valence-electron chi connectivity index (χ0n) is 9.27. The first-order chi connectivity index (χ1) is 6.90. The van der Waals surface area contributed by atoms with Crippen LogP contribution in [0.2, 0.25) is 0 Å². The monoisotopic (exact) mass is 231 g/mol. The van der Waals surface area contributed by atoms with Crippen LogP contribution in [0.25, 0.3) is 0 Å². The number of hydrogen-bond acceptors (Lipinski definition) is 4. The van der Waals surface area contributed by atoms with E-state index >= 15 is 0 Å². The summed E-state index contributed by atoms with van der Waals surface area (Å²) in [6.45, 7) is 4.64. The maximum atomic E-state index is 11.0. The first-order valence-corrected chi connectivity index (χ1v) is 6.93. The highest BCUT2D eigenvalue weighted by molar-refractivity contribution is 7.90. The zero-order valence-corrected chi connectivity index (χ0v) is 10.1. The van der Waals surface area contributed by atoms with Crippen molar-refractivity contribution < 1.29 is 8.42 Å². The largest absolute Gasteiger partial charge is 0.379 e. The summed E-state index contributed by atoms with van der Waals surface area (Å²) < 4.78 is 23.9. The van der Waals surface area contributed by atoms with Crippen molar-refractivity contribution in [3.63, 3.8) is 0 Å². The molecule has 0 aromatic carbocycles. The molecule has 0 saturated heterocycles. The van der Waals surface area contributed by atoms with E-state index in [0.29, 0.717) is 0 Å². The average molecular weight is 231 g/mol. The lowest BCUT2D eigenvalue weighted by molar-refractivity contribution is 0.598. The Balaban J connectivity index is 2.54. The molecule has 1 heterocycles. The lowest BCUT2D eigenvalue weighted by Gasteiger charge is -2.11. The van der Waals surface area contributed by atoms with Gasteiger partial charge in [0.05, 0.1) is 17.6 Å². The fourth-order valence-electron chi connectivity index (χ4n) is 1.39. The number of nitrogens with zero attached hydrogens (tertiary/aromatic N) is 2. The van der Waals surface area contributed by atoms with Gasteiger partial charge in [0.25, 0.3) is 0 Å². The van der Waals surface area contributed by atoms with Crippen LogP contribution in [0.15, 0.2) is 12.4 Å². The molecule has 0 radical (unpaired) electrons. The Hall–Kier alpha value is -1.04. The molecule has 0 aliphatic heterocycles. The number of sulfone groups is 1. The van der Waals surface area contributed by atoms with Crippen molar-refractivity contribution in [2.24, 2.45) is 0 Å². The molecule has 1 unspecified atom stereocenters. The van der Waals surface area contributed by atoms with Gasteiger partial charge in [0.15, 0.2) is 0 Å². The summed E-state index contributed by atoms with van der Waals surface area (Å²) in [6, 6.07) is -0.102. The second-order valence-electron chi connectivity index (χ2n) is 3.72. The van der Waals surface area contributed by atoms with Crippen LogP contribution >= 0.6 is 0 Å². The van der Waals surface area contributed by atoms with Crippen molar-refractivity contribution in [1.82, 2.24) is 9.78 Å². The van der Waals surface area contributed by atoms with Gasteiger partial charge in [-0.15, -0.1) is 0 Å². The van der Waals surface area contributed by atoms with E-state index in [1.54, 1.807) is 10.9 Å². The Morgan fingerprint density at radius 1 is 1.60 bits per heavy atom. The Morgan fingerprint density at radius 3 is 2.73 bits per heavy atom. The summed E-state index contributed by atoms with van der Waals surface area (Å²) in [7, 11) is -2.93. The standard InChI is InChI=1S/C9H17N3O2S/c1-4-12-6-9(5-10-12)11-8(2)7-15(3,13)14/h5-6,8,11H,4,7H2,1-3H3. The van der Waals surface area contributed by atoms with E-state index in [0.717, 1.165) is 12.2 Å². The Kier molecular flexibility index (Phi) is 3.73. The van der Waals surface area contributed by atoms with Crippen molar-refractivity contribution in [2.75, 3.05) is 17.3 Å². The molecule has 1 N–H and O–H groups in total. The van der Waals surface area contributed by atoms with Gasteiger partial charge in [-0.05, 0) is 13.8 Å². The molecule has 6 heteroatoms. The summed E-state index contributed by atoms with van der Waals surface area (Å²) >= 11 is 0. The normalized spacial score (nSPS) is 13.8. The van der Waals surface area contributed by atoms with Crippen molar-refractivity contribution in [3.8, 4) is 0 Å². The van der Waals surface area contributed by atoms with Crippen molar-refractivity contribution in [1.29, 1.82) is 0 Å². The SMILES string of the molecule is CCn1cc(NC(C)CS(C)(=O)=O)cn1. The van der Waals surface area contributed by atoms with Crippen LogP contribution in [0.5, 0.6) is 0 Å². The highest BCUT2D eigenvalue weighted by Gasteiger charge is 2.10. The van der Waals surface area contributed by atoms with E-state index < -0.39 is 9.84 Å². The highest BCUT2D eigenvalue weighted by atomic mass is 32.2. The van der Waals surface area contributed by atoms with Crippen LogP contribution in [0, 0.1) is 0 Å². The van der Waals surface area contributed by atoms with Crippen LogP contribution in [0.3, 0.4) is 0 Å². The van der Waals surface area contributed by atoms with Gasteiger partial charge in [0, 0.05) is 25.0 Å². The first kappa shape index (κ1) is 12.0. The fourth-order valence-corrected chi connectivity index (χ4v) is 2.38. The van der Waals surface area contributed by atoms with E-state index in [-0.39, 0.29) is 11.8 Å². The Morgan fingerprint density at radius 2 is 2.27 bits per heavy atom. The number of hydrogen-bond donors (Lipinski definition) is 1. The molecule has 0 fully saturated rings. The Bertz CT molecular complexity index is 411. The predicted octanol–water partition coefficient (Wildman–Crippen LogP) is 0.748. The van der Waals surface area contributed by atoms with Gasteiger partial charge in [-0.1, -0.05) is 0 Å². The van der Waals surface area contributed by atoms with Crippen molar-refractivity contribution >= 4 is 15.5 Å². The minimum absolute atomic E-state index is 0.102. The summed E-state index contributed by atoms with van der Waals surface area (Å²) in [6.07, 6.45) is 4.79. The minimum Gasteiger partial charge on any atom is -0.379 e. The molecule has 0 aliphatic rings. The van der Waals surface area contributed by atoms with E-state index in [2.05, 4.69) is 10.4 Å². The molecule has 0 amide bonds. The summed E-state index contributed by atoms with van der Waals surface area (Å²) in [5.41, 5.74) is 0.855. The number of aromatic nitrogens is 2. The van der Waals surface area contributed by atoms with Crippen LogP contribution < -0.4 is 5.32 Å². The van der Waals surface area contributed by atoms with E-state index in [9.17, 15) is 8.42 Å². The molecule has 0 saturated carbocycles. The van der Waals surface area contributed by atoms with Crippen LogP contribution in [-0.2, 0) is 16.4 Å². The lowest BCUT2D eigenvalue weighted by atomic mass is 10.4. The maximum Gasteiger partial charge on any atom is 0.149 e. The van der Waals surface area contributed by atoms with Crippen LogP contribution in [0.1, 0.15) is 13.8 Å². The first-order valence-electron chi connectivity index (χ1n) is 4.87. The molecular weight excluding hydrogens is 214 g/mol. The highest BCUT2D eigenvalue weighted by Crippen LogP contribution is 2.07. The summed E-state index contributed by atoms with van der Waals surface area (Å²) in [5.74, 6) is 0.129. The van der Waals surface area contributed by atoms with Gasteiger partial charge in [-0.25, -0.2) is 8.42 Å². The van der Waals surface area contributed by atoms with Gasteiger partial charge < -0.3 is 5.32 Å². The molecule has 1 atom stereocenters. The second-order valence-corrected chi connectivity index (χ2v) is 5.91. The van der Waals surface area contributed by atoms with Crippen LogP contribution in [-0.4, -0.2) is 36.2 Å².